The first-order chi connectivity index (χ1) is 10.6. The van der Waals surface area contributed by atoms with Gasteiger partial charge in [-0.15, -0.1) is 0 Å². The van der Waals surface area contributed by atoms with Gasteiger partial charge in [-0.25, -0.2) is 0 Å². The number of halogens is 2. The van der Waals surface area contributed by atoms with Crippen LogP contribution < -0.4 is 10.2 Å². The van der Waals surface area contributed by atoms with Crippen molar-refractivity contribution in [1.29, 1.82) is 0 Å². The van der Waals surface area contributed by atoms with Gasteiger partial charge in [-0.2, -0.15) is 0 Å². The van der Waals surface area contributed by atoms with Crippen molar-refractivity contribution >= 4 is 44.3 Å². The van der Waals surface area contributed by atoms with Gasteiger partial charge in [0.1, 0.15) is 0 Å². The smallest absolute Gasteiger partial charge is 0.872 e. The minimum atomic E-state index is -0.0689. The third-order valence-corrected chi connectivity index (χ3v) is 3.75. The molecule has 0 saturated heterocycles. The molecule has 0 amide bonds. The van der Waals surface area contributed by atoms with Crippen molar-refractivity contribution in [2.24, 2.45) is 9.98 Å². The molecule has 2 aromatic rings. The predicted molar refractivity (Wildman–Crippen MR) is 92.1 cm³/mol. The van der Waals surface area contributed by atoms with E-state index in [0.29, 0.717) is 24.2 Å². The van der Waals surface area contributed by atoms with Crippen LogP contribution in [0.5, 0.6) is 11.5 Å². The maximum absolute atomic E-state index is 11.6. The van der Waals surface area contributed by atoms with Gasteiger partial charge in [0, 0.05) is 21.4 Å². The van der Waals surface area contributed by atoms with E-state index in [-0.39, 0.29) is 28.6 Å². The van der Waals surface area contributed by atoms with E-state index in [1.54, 1.807) is 36.7 Å². The third-order valence-electron chi connectivity index (χ3n) is 2.76. The SMILES string of the molecule is [Cu+2].[O-]c1ccc(Br)cc1C=NCCN=Cc1cc(Br)ccc1[O-]. The van der Waals surface area contributed by atoms with E-state index < -0.39 is 0 Å². The molecule has 2 rings (SSSR count). The van der Waals surface area contributed by atoms with Gasteiger partial charge in [-0.05, 0) is 35.4 Å². The molecule has 0 aromatic heterocycles. The van der Waals surface area contributed by atoms with Crippen LogP contribution in [0.2, 0.25) is 0 Å². The Kier molecular flexibility index (Phi) is 8.55. The van der Waals surface area contributed by atoms with E-state index >= 15 is 0 Å². The average molecular weight is 488 g/mol. The van der Waals surface area contributed by atoms with Crippen LogP contribution in [-0.2, 0) is 17.1 Å². The number of nitrogens with zero attached hydrogens (tertiary/aromatic N) is 2. The Morgan fingerprint density at radius 3 is 1.57 bits per heavy atom. The molecule has 0 atom stereocenters. The van der Waals surface area contributed by atoms with Crippen molar-refractivity contribution in [3.8, 4) is 11.5 Å². The topological polar surface area (TPSA) is 70.8 Å². The van der Waals surface area contributed by atoms with Crippen LogP contribution in [0.15, 0.2) is 55.3 Å². The molecule has 0 saturated carbocycles. The zero-order chi connectivity index (χ0) is 15.9. The summed E-state index contributed by atoms with van der Waals surface area (Å²) in [5.74, 6) is -0.138. The minimum Gasteiger partial charge on any atom is -0.872 e. The fourth-order valence-electron chi connectivity index (χ4n) is 1.68. The van der Waals surface area contributed by atoms with Gasteiger partial charge >= 0.3 is 17.1 Å². The Balaban J connectivity index is 0.00000264. The molecule has 0 fully saturated rings. The largest absolute Gasteiger partial charge is 2.00 e. The molecule has 123 valence electrons. The summed E-state index contributed by atoms with van der Waals surface area (Å²) in [5.41, 5.74) is 1.07. The number of hydrogen-bond donors (Lipinski definition) is 0. The molecule has 0 aliphatic carbocycles. The second-order valence-electron chi connectivity index (χ2n) is 4.43. The maximum atomic E-state index is 11.6. The minimum absolute atomic E-state index is 0. The fourth-order valence-corrected chi connectivity index (χ4v) is 2.44. The summed E-state index contributed by atoms with van der Waals surface area (Å²) in [4.78, 5) is 8.34. The third kappa shape index (κ3) is 6.47. The van der Waals surface area contributed by atoms with E-state index in [1.165, 1.54) is 12.1 Å². The van der Waals surface area contributed by atoms with Gasteiger partial charge in [0.05, 0.1) is 13.1 Å². The number of rotatable bonds is 5. The molecule has 0 N–H and O–H groups in total. The van der Waals surface area contributed by atoms with Crippen LogP contribution in [0, 0.1) is 0 Å². The van der Waals surface area contributed by atoms with Crippen molar-refractivity contribution < 1.29 is 27.3 Å². The van der Waals surface area contributed by atoms with Gasteiger partial charge in [0.25, 0.3) is 0 Å². The van der Waals surface area contributed by atoms with Gasteiger partial charge in [0.15, 0.2) is 0 Å². The fraction of sp³-hybridized carbons (Fsp3) is 0.125. The molecule has 0 aliphatic heterocycles. The van der Waals surface area contributed by atoms with Crippen LogP contribution in [0.3, 0.4) is 0 Å². The molecule has 0 spiro atoms. The van der Waals surface area contributed by atoms with E-state index in [2.05, 4.69) is 41.8 Å². The molecule has 0 bridgehead atoms. The quantitative estimate of drug-likeness (QED) is 0.370. The summed E-state index contributed by atoms with van der Waals surface area (Å²) >= 11 is 6.62. The number of hydrogen-bond acceptors (Lipinski definition) is 4. The van der Waals surface area contributed by atoms with E-state index in [4.69, 9.17) is 0 Å². The van der Waals surface area contributed by atoms with Crippen molar-refractivity contribution in [2.75, 3.05) is 13.1 Å². The molecule has 1 radical (unpaired) electrons. The molecule has 0 aliphatic rings. The first-order valence-electron chi connectivity index (χ1n) is 6.49. The zero-order valence-electron chi connectivity index (χ0n) is 11.8. The van der Waals surface area contributed by atoms with Crippen LogP contribution >= 0.6 is 31.9 Å². The Labute approximate surface area is 162 Å². The maximum Gasteiger partial charge on any atom is 2.00 e. The molecule has 4 nitrogen and oxygen atoms in total. The number of benzene rings is 2. The summed E-state index contributed by atoms with van der Waals surface area (Å²) in [6, 6.07) is 9.82. The van der Waals surface area contributed by atoms with Crippen LogP contribution in [0.4, 0.5) is 0 Å². The summed E-state index contributed by atoms with van der Waals surface area (Å²) in [6.07, 6.45) is 3.08. The van der Waals surface area contributed by atoms with Crippen LogP contribution in [0.1, 0.15) is 11.1 Å². The van der Waals surface area contributed by atoms with E-state index in [9.17, 15) is 10.2 Å². The summed E-state index contributed by atoms with van der Waals surface area (Å²) < 4.78 is 1.67. The van der Waals surface area contributed by atoms with Gasteiger partial charge in [-0.3, -0.25) is 9.98 Å². The molecule has 23 heavy (non-hydrogen) atoms. The summed E-state index contributed by atoms with van der Waals surface area (Å²) in [7, 11) is 0. The standard InChI is InChI=1S/C16H14Br2N2O2.Cu/c17-13-1-3-15(21)11(7-13)9-19-5-6-20-10-12-8-14(18)2-4-16(12)22;/h1-4,7-10,21-22H,5-6H2;/q;+2/p-2. The van der Waals surface area contributed by atoms with Crippen LogP contribution in [0.25, 0.3) is 0 Å². The summed E-state index contributed by atoms with van der Waals surface area (Å²) in [6.45, 7) is 0.898. The molecule has 2 aromatic carbocycles. The van der Waals surface area contributed by atoms with Gasteiger partial charge < -0.3 is 10.2 Å². The molecule has 0 unspecified atom stereocenters. The van der Waals surface area contributed by atoms with Crippen molar-refractivity contribution in [3.05, 3.63) is 56.5 Å². The molecular weight excluding hydrogens is 476 g/mol. The Bertz CT molecular complexity index is 660. The second kappa shape index (κ2) is 9.88. The Morgan fingerprint density at radius 1 is 0.783 bits per heavy atom. The number of aliphatic imine (C=N–C) groups is 2. The van der Waals surface area contributed by atoms with E-state index in [0.717, 1.165) is 8.95 Å². The summed E-state index contributed by atoms with van der Waals surface area (Å²) in [5, 5.41) is 23.1. The Morgan fingerprint density at radius 2 is 1.17 bits per heavy atom. The molecular formula is C16H12Br2CuN2O2. The van der Waals surface area contributed by atoms with E-state index in [1.807, 2.05) is 0 Å². The monoisotopic (exact) mass is 485 g/mol. The van der Waals surface area contributed by atoms with Crippen LogP contribution in [-0.4, -0.2) is 25.5 Å². The van der Waals surface area contributed by atoms with Crippen molar-refractivity contribution in [2.45, 2.75) is 0 Å². The van der Waals surface area contributed by atoms with Crippen molar-refractivity contribution in [1.82, 2.24) is 0 Å². The predicted octanol–water partition coefficient (Wildman–Crippen LogP) is 2.89. The molecule has 0 heterocycles. The van der Waals surface area contributed by atoms with Gasteiger partial charge in [-0.1, -0.05) is 55.5 Å². The van der Waals surface area contributed by atoms with Crippen molar-refractivity contribution in [3.63, 3.8) is 0 Å². The zero-order valence-corrected chi connectivity index (χ0v) is 15.9. The second-order valence-corrected chi connectivity index (χ2v) is 6.27. The normalized spacial score (nSPS) is 11.0. The molecule has 7 heteroatoms. The first-order valence-corrected chi connectivity index (χ1v) is 8.07. The Hall–Kier alpha value is -1.14. The first kappa shape index (κ1) is 19.9. The van der Waals surface area contributed by atoms with Gasteiger partial charge in [0.2, 0.25) is 0 Å². The average Bonchev–Trinajstić information content (AvgIpc) is 2.49.